The highest BCUT2D eigenvalue weighted by atomic mass is 35.5. The first-order chi connectivity index (χ1) is 12.3. The number of hydrogen-bond donors (Lipinski definition) is 1. The van der Waals surface area contributed by atoms with Gasteiger partial charge in [-0.3, -0.25) is 4.98 Å². The van der Waals surface area contributed by atoms with Gasteiger partial charge in [-0.1, -0.05) is 60.1 Å². The molecular weight excluding hydrogens is 332 g/mol. The Bertz CT molecular complexity index is 1020. The number of aromatic nitrogens is 3. The third kappa shape index (κ3) is 3.44. The lowest BCUT2D eigenvalue weighted by molar-refractivity contribution is 1.11. The second-order valence-electron chi connectivity index (χ2n) is 5.61. The van der Waals surface area contributed by atoms with E-state index < -0.39 is 0 Å². The summed E-state index contributed by atoms with van der Waals surface area (Å²) in [7, 11) is 0. The van der Waals surface area contributed by atoms with Crippen LogP contribution >= 0.6 is 11.6 Å². The fourth-order valence-corrected chi connectivity index (χ4v) is 2.77. The topological polar surface area (TPSA) is 50.7 Å². The average Bonchev–Trinajstić information content (AvgIpc) is 2.67. The number of anilines is 1. The lowest BCUT2D eigenvalue weighted by atomic mass is 10.2. The van der Waals surface area contributed by atoms with Gasteiger partial charge >= 0.3 is 0 Å². The van der Waals surface area contributed by atoms with Crippen LogP contribution < -0.4 is 5.32 Å². The molecule has 0 atom stereocenters. The van der Waals surface area contributed by atoms with E-state index in [-0.39, 0.29) is 0 Å². The van der Waals surface area contributed by atoms with Gasteiger partial charge in [0.15, 0.2) is 5.65 Å². The zero-order chi connectivity index (χ0) is 17.1. The Balaban J connectivity index is 1.61. The molecule has 0 bridgehead atoms. The van der Waals surface area contributed by atoms with Crippen molar-refractivity contribution < 1.29 is 0 Å². The van der Waals surface area contributed by atoms with Crippen LogP contribution in [0.25, 0.3) is 22.4 Å². The molecule has 1 N–H and O–H groups in total. The Labute approximate surface area is 150 Å². The van der Waals surface area contributed by atoms with Gasteiger partial charge in [0.25, 0.3) is 0 Å². The number of fused-ring (bicyclic) bond motifs is 1. The lowest BCUT2D eigenvalue weighted by Crippen LogP contribution is -2.02. The minimum atomic E-state index is 0.601. The molecule has 2 aromatic carbocycles. The molecule has 4 rings (SSSR count). The second-order valence-corrected chi connectivity index (χ2v) is 6.01. The zero-order valence-electron chi connectivity index (χ0n) is 13.4. The van der Waals surface area contributed by atoms with Gasteiger partial charge in [-0.2, -0.15) is 0 Å². The molecule has 0 aliphatic carbocycles. The van der Waals surface area contributed by atoms with Crippen molar-refractivity contribution >= 4 is 28.6 Å². The van der Waals surface area contributed by atoms with E-state index in [9.17, 15) is 0 Å². The van der Waals surface area contributed by atoms with Crippen LogP contribution in [-0.4, -0.2) is 15.0 Å². The van der Waals surface area contributed by atoms with Crippen molar-refractivity contribution in [2.75, 3.05) is 5.32 Å². The summed E-state index contributed by atoms with van der Waals surface area (Å²) >= 11 is 6.19. The van der Waals surface area contributed by atoms with Crippen LogP contribution in [0.2, 0.25) is 5.02 Å². The molecule has 0 fully saturated rings. The second kappa shape index (κ2) is 6.87. The maximum Gasteiger partial charge on any atom is 0.180 e. The Hall–Kier alpha value is -2.98. The Kier molecular flexibility index (Phi) is 4.27. The van der Waals surface area contributed by atoms with Crippen molar-refractivity contribution in [2.24, 2.45) is 0 Å². The highest BCUT2D eigenvalue weighted by molar-refractivity contribution is 6.31. The van der Waals surface area contributed by atoms with Crippen LogP contribution in [0.3, 0.4) is 0 Å². The van der Waals surface area contributed by atoms with Gasteiger partial charge in [0.05, 0.1) is 11.9 Å². The van der Waals surface area contributed by atoms with E-state index in [4.69, 9.17) is 11.6 Å². The van der Waals surface area contributed by atoms with E-state index >= 15 is 0 Å². The fraction of sp³-hybridized carbons (Fsp3) is 0.0500. The number of nitrogens with zero attached hydrogens (tertiary/aromatic N) is 3. The van der Waals surface area contributed by atoms with Crippen LogP contribution in [0.15, 0.2) is 72.9 Å². The highest BCUT2D eigenvalue weighted by Crippen LogP contribution is 2.20. The van der Waals surface area contributed by atoms with Crippen LogP contribution in [0.4, 0.5) is 5.82 Å². The van der Waals surface area contributed by atoms with Crippen molar-refractivity contribution in [3.63, 3.8) is 0 Å². The van der Waals surface area contributed by atoms with Gasteiger partial charge < -0.3 is 5.32 Å². The van der Waals surface area contributed by atoms with Crippen LogP contribution in [0, 0.1) is 0 Å². The smallest absolute Gasteiger partial charge is 0.180 e. The van der Waals surface area contributed by atoms with Crippen LogP contribution in [0.5, 0.6) is 0 Å². The van der Waals surface area contributed by atoms with Crippen LogP contribution in [0.1, 0.15) is 5.56 Å². The summed E-state index contributed by atoms with van der Waals surface area (Å²) in [6.45, 7) is 0.601. The lowest BCUT2D eigenvalue weighted by Gasteiger charge is -2.08. The Morgan fingerprint density at radius 2 is 1.64 bits per heavy atom. The number of pyridine rings is 1. The highest BCUT2D eigenvalue weighted by Gasteiger charge is 2.05. The minimum absolute atomic E-state index is 0.601. The quantitative estimate of drug-likeness (QED) is 0.567. The van der Waals surface area contributed by atoms with E-state index in [0.717, 1.165) is 33.2 Å². The number of halogens is 1. The number of rotatable bonds is 4. The SMILES string of the molecule is Clc1ccccc1CNc1ccc2ncc(-c3ccccc3)nc2n1. The summed E-state index contributed by atoms with van der Waals surface area (Å²) in [5.74, 6) is 0.743. The first kappa shape index (κ1) is 15.5. The molecule has 0 unspecified atom stereocenters. The van der Waals surface area contributed by atoms with Gasteiger partial charge in [-0.15, -0.1) is 0 Å². The first-order valence-electron chi connectivity index (χ1n) is 7.96. The molecular formula is C20H15ClN4. The third-order valence-electron chi connectivity index (χ3n) is 3.89. The molecule has 0 radical (unpaired) electrons. The molecule has 2 heterocycles. The van der Waals surface area contributed by atoms with E-state index in [2.05, 4.69) is 20.3 Å². The predicted octanol–water partition coefficient (Wildman–Crippen LogP) is 4.96. The summed E-state index contributed by atoms with van der Waals surface area (Å²) in [6.07, 6.45) is 1.77. The molecule has 0 amide bonds. The Morgan fingerprint density at radius 1 is 0.840 bits per heavy atom. The van der Waals surface area contributed by atoms with Gasteiger partial charge in [0.2, 0.25) is 0 Å². The van der Waals surface area contributed by atoms with Gasteiger partial charge in [-0.05, 0) is 23.8 Å². The molecule has 0 saturated heterocycles. The molecule has 4 aromatic rings. The average molecular weight is 347 g/mol. The van der Waals surface area contributed by atoms with Crippen molar-refractivity contribution in [3.8, 4) is 11.3 Å². The summed E-state index contributed by atoms with van der Waals surface area (Å²) in [5.41, 5.74) is 4.24. The molecule has 2 aromatic heterocycles. The largest absolute Gasteiger partial charge is 0.366 e. The molecule has 0 saturated carbocycles. The standard InChI is InChI=1S/C20H15ClN4/c21-16-9-5-4-8-15(16)12-23-19-11-10-17-20(25-19)24-18(13-22-17)14-6-2-1-3-7-14/h1-11,13H,12H2,(H,23,24,25). The van der Waals surface area contributed by atoms with E-state index in [1.54, 1.807) is 6.20 Å². The monoisotopic (exact) mass is 346 g/mol. The van der Waals surface area contributed by atoms with Crippen LogP contribution in [-0.2, 0) is 6.54 Å². The molecule has 0 aliphatic heterocycles. The van der Waals surface area contributed by atoms with Crippen molar-refractivity contribution in [3.05, 3.63) is 83.5 Å². The number of benzene rings is 2. The summed E-state index contributed by atoms with van der Waals surface area (Å²) in [5, 5.41) is 4.03. The molecule has 122 valence electrons. The molecule has 25 heavy (non-hydrogen) atoms. The van der Waals surface area contributed by atoms with Gasteiger partial charge in [0.1, 0.15) is 11.3 Å². The van der Waals surface area contributed by atoms with E-state index in [0.29, 0.717) is 12.2 Å². The number of hydrogen-bond acceptors (Lipinski definition) is 4. The van der Waals surface area contributed by atoms with Gasteiger partial charge in [-0.25, -0.2) is 9.97 Å². The van der Waals surface area contributed by atoms with E-state index in [1.807, 2.05) is 66.7 Å². The molecule has 4 nitrogen and oxygen atoms in total. The molecule has 0 aliphatic rings. The molecule has 0 spiro atoms. The normalized spacial score (nSPS) is 10.8. The zero-order valence-corrected chi connectivity index (χ0v) is 14.1. The van der Waals surface area contributed by atoms with E-state index in [1.165, 1.54) is 0 Å². The third-order valence-corrected chi connectivity index (χ3v) is 4.26. The first-order valence-corrected chi connectivity index (χ1v) is 8.34. The van der Waals surface area contributed by atoms with Crippen molar-refractivity contribution in [2.45, 2.75) is 6.54 Å². The van der Waals surface area contributed by atoms with Crippen molar-refractivity contribution in [1.82, 2.24) is 15.0 Å². The summed E-state index contributed by atoms with van der Waals surface area (Å²) in [4.78, 5) is 13.7. The summed E-state index contributed by atoms with van der Waals surface area (Å²) < 4.78 is 0. The Morgan fingerprint density at radius 3 is 2.48 bits per heavy atom. The fourth-order valence-electron chi connectivity index (χ4n) is 2.57. The van der Waals surface area contributed by atoms with Crippen molar-refractivity contribution in [1.29, 1.82) is 0 Å². The molecule has 5 heteroatoms. The number of nitrogens with one attached hydrogen (secondary N) is 1. The van der Waals surface area contributed by atoms with Gasteiger partial charge in [0, 0.05) is 17.1 Å². The maximum atomic E-state index is 6.19. The maximum absolute atomic E-state index is 6.19. The predicted molar refractivity (Wildman–Crippen MR) is 102 cm³/mol. The minimum Gasteiger partial charge on any atom is -0.366 e. The summed E-state index contributed by atoms with van der Waals surface area (Å²) in [6, 6.07) is 21.5.